The largest absolute Gasteiger partial charge is 0.416 e. The highest BCUT2D eigenvalue weighted by atomic mass is 19.4. The van der Waals surface area contributed by atoms with E-state index >= 15 is 0 Å². The number of hydrogen-bond donors (Lipinski definition) is 1. The summed E-state index contributed by atoms with van der Waals surface area (Å²) in [4.78, 5) is 28.7. The Labute approximate surface area is 183 Å². The molecular formula is C23H23F4N3O2. The fraction of sp³-hybridized carbons (Fsp3) is 0.391. The number of anilines is 1. The number of carbonyl (C=O) groups excluding carboxylic acids is 2. The summed E-state index contributed by atoms with van der Waals surface area (Å²) in [5.74, 6) is -0.796. The number of amides is 2. The van der Waals surface area contributed by atoms with Gasteiger partial charge in [-0.15, -0.1) is 0 Å². The highest BCUT2D eigenvalue weighted by Gasteiger charge is 2.46. The van der Waals surface area contributed by atoms with Gasteiger partial charge in [0.15, 0.2) is 0 Å². The Morgan fingerprint density at radius 2 is 1.56 bits per heavy atom. The zero-order valence-electron chi connectivity index (χ0n) is 17.2. The van der Waals surface area contributed by atoms with E-state index in [1.807, 2.05) is 4.90 Å². The summed E-state index contributed by atoms with van der Waals surface area (Å²) in [6.45, 7) is 2.29. The van der Waals surface area contributed by atoms with Crippen molar-refractivity contribution in [3.05, 3.63) is 65.5 Å². The number of alkyl halides is 3. The molecule has 2 aliphatic rings. The van der Waals surface area contributed by atoms with Crippen LogP contribution in [0, 0.1) is 11.7 Å². The molecule has 0 radical (unpaired) electrons. The summed E-state index contributed by atoms with van der Waals surface area (Å²) in [5.41, 5.74) is 0.588. The van der Waals surface area contributed by atoms with E-state index in [1.165, 1.54) is 36.4 Å². The lowest BCUT2D eigenvalue weighted by Crippen LogP contribution is -2.51. The molecule has 2 atom stereocenters. The Morgan fingerprint density at radius 1 is 0.938 bits per heavy atom. The van der Waals surface area contributed by atoms with E-state index in [4.69, 9.17) is 0 Å². The lowest BCUT2D eigenvalue weighted by atomic mass is 10.1. The average Bonchev–Trinajstić information content (AvgIpc) is 3.56. The molecule has 2 amide bonds. The number of rotatable bonds is 5. The predicted octanol–water partition coefficient (Wildman–Crippen LogP) is 3.73. The van der Waals surface area contributed by atoms with E-state index in [-0.39, 0.29) is 36.0 Å². The first-order chi connectivity index (χ1) is 15.2. The molecule has 1 heterocycles. The zero-order valence-corrected chi connectivity index (χ0v) is 17.2. The number of benzene rings is 2. The molecule has 1 aliphatic carbocycles. The van der Waals surface area contributed by atoms with Crippen LogP contribution in [-0.4, -0.2) is 54.3 Å². The van der Waals surface area contributed by atoms with Gasteiger partial charge >= 0.3 is 6.18 Å². The summed E-state index contributed by atoms with van der Waals surface area (Å²) in [5, 5.41) is 2.72. The van der Waals surface area contributed by atoms with Gasteiger partial charge in [-0.25, -0.2) is 4.39 Å². The molecule has 1 aliphatic heterocycles. The molecule has 0 bridgehead atoms. The Kier molecular flexibility index (Phi) is 6.19. The van der Waals surface area contributed by atoms with Gasteiger partial charge in [-0.3, -0.25) is 14.5 Å². The van der Waals surface area contributed by atoms with E-state index < -0.39 is 11.7 Å². The molecule has 9 heteroatoms. The van der Waals surface area contributed by atoms with Crippen molar-refractivity contribution in [1.82, 2.24) is 9.80 Å². The van der Waals surface area contributed by atoms with Crippen molar-refractivity contribution < 1.29 is 27.2 Å². The molecule has 1 N–H and O–H groups in total. The molecule has 5 nitrogen and oxygen atoms in total. The minimum absolute atomic E-state index is 0.0188. The highest BCUT2D eigenvalue weighted by molar-refractivity contribution is 5.92. The average molecular weight is 449 g/mol. The van der Waals surface area contributed by atoms with Gasteiger partial charge in [-0.1, -0.05) is 12.1 Å². The van der Waals surface area contributed by atoms with Crippen LogP contribution in [0.25, 0.3) is 0 Å². The molecule has 0 aromatic heterocycles. The van der Waals surface area contributed by atoms with E-state index in [0.29, 0.717) is 38.3 Å². The summed E-state index contributed by atoms with van der Waals surface area (Å²) >= 11 is 0. The van der Waals surface area contributed by atoms with Crippen LogP contribution in [0.5, 0.6) is 0 Å². The Bertz CT molecular complexity index is 968. The van der Waals surface area contributed by atoms with Crippen molar-refractivity contribution in [2.75, 3.05) is 38.0 Å². The minimum Gasteiger partial charge on any atom is -0.340 e. The third-order valence-electron chi connectivity index (χ3n) is 5.95. The maximum Gasteiger partial charge on any atom is 0.416 e. The molecular weight excluding hydrogens is 426 g/mol. The second kappa shape index (κ2) is 8.90. The first-order valence-electron chi connectivity index (χ1n) is 10.4. The normalized spacial score (nSPS) is 21.3. The second-order valence-corrected chi connectivity index (χ2v) is 8.22. The summed E-state index contributed by atoms with van der Waals surface area (Å²) in [6.07, 6.45) is -3.72. The monoisotopic (exact) mass is 449 g/mol. The fourth-order valence-electron chi connectivity index (χ4n) is 4.05. The van der Waals surface area contributed by atoms with Crippen LogP contribution in [0.1, 0.15) is 23.5 Å². The van der Waals surface area contributed by atoms with Gasteiger partial charge in [0, 0.05) is 37.8 Å². The first-order valence-corrected chi connectivity index (χ1v) is 10.4. The maximum absolute atomic E-state index is 12.9. The van der Waals surface area contributed by atoms with Crippen LogP contribution in [0.4, 0.5) is 23.2 Å². The smallest absolute Gasteiger partial charge is 0.340 e. The van der Waals surface area contributed by atoms with E-state index in [2.05, 4.69) is 5.32 Å². The van der Waals surface area contributed by atoms with Crippen molar-refractivity contribution in [2.24, 2.45) is 5.92 Å². The quantitative estimate of drug-likeness (QED) is 0.708. The van der Waals surface area contributed by atoms with E-state index in [1.54, 1.807) is 4.90 Å². The van der Waals surface area contributed by atoms with Crippen LogP contribution >= 0.6 is 0 Å². The predicted molar refractivity (Wildman–Crippen MR) is 110 cm³/mol. The Morgan fingerprint density at radius 3 is 2.16 bits per heavy atom. The van der Waals surface area contributed by atoms with Crippen molar-refractivity contribution in [2.45, 2.75) is 18.5 Å². The lowest BCUT2D eigenvalue weighted by molar-refractivity contribution is -0.137. The molecule has 1 saturated heterocycles. The number of nitrogens with one attached hydrogen (secondary N) is 1. The minimum atomic E-state index is -4.37. The third-order valence-corrected chi connectivity index (χ3v) is 5.95. The molecule has 2 aromatic carbocycles. The first kappa shape index (κ1) is 22.3. The van der Waals surface area contributed by atoms with E-state index in [0.717, 1.165) is 17.7 Å². The molecule has 0 spiro atoms. The zero-order chi connectivity index (χ0) is 22.9. The molecule has 2 fully saturated rings. The number of hydrogen-bond acceptors (Lipinski definition) is 3. The fourth-order valence-corrected chi connectivity index (χ4v) is 4.05. The standard InChI is InChI=1S/C23H23F4N3O2/c24-17-5-7-18(8-6-17)28-21(31)14-29-9-11-30(12-10-29)22(32)20-13-19(20)15-1-3-16(4-2-15)23(25,26)27/h1-8,19-20H,9-14H2,(H,28,31). The van der Waals surface area contributed by atoms with Crippen molar-refractivity contribution in [3.63, 3.8) is 0 Å². The summed E-state index contributed by atoms with van der Waals surface area (Å²) < 4.78 is 51.1. The van der Waals surface area contributed by atoms with Crippen molar-refractivity contribution in [1.29, 1.82) is 0 Å². The summed E-state index contributed by atoms with van der Waals surface area (Å²) in [7, 11) is 0. The molecule has 1 saturated carbocycles. The van der Waals surface area contributed by atoms with Gasteiger partial charge in [0.05, 0.1) is 12.1 Å². The van der Waals surface area contributed by atoms with Crippen molar-refractivity contribution in [3.8, 4) is 0 Å². The van der Waals surface area contributed by atoms with Gasteiger partial charge in [0.1, 0.15) is 5.82 Å². The van der Waals surface area contributed by atoms with Gasteiger partial charge in [-0.2, -0.15) is 13.2 Å². The van der Waals surface area contributed by atoms with Gasteiger partial charge in [0.25, 0.3) is 0 Å². The van der Waals surface area contributed by atoms with Crippen LogP contribution in [0.15, 0.2) is 48.5 Å². The molecule has 2 aromatic rings. The van der Waals surface area contributed by atoms with Crippen LogP contribution < -0.4 is 5.32 Å². The third kappa shape index (κ3) is 5.27. The van der Waals surface area contributed by atoms with E-state index in [9.17, 15) is 27.2 Å². The topological polar surface area (TPSA) is 52.7 Å². The molecule has 32 heavy (non-hydrogen) atoms. The highest BCUT2D eigenvalue weighted by Crippen LogP contribution is 2.49. The Hall–Kier alpha value is -2.94. The number of carbonyl (C=O) groups is 2. The number of halogens is 4. The number of piperazine rings is 1. The molecule has 170 valence electrons. The number of nitrogens with zero attached hydrogens (tertiary/aromatic N) is 2. The molecule has 2 unspecified atom stereocenters. The lowest BCUT2D eigenvalue weighted by Gasteiger charge is -2.34. The van der Waals surface area contributed by atoms with Crippen molar-refractivity contribution >= 4 is 17.5 Å². The van der Waals surface area contributed by atoms with Gasteiger partial charge in [0.2, 0.25) is 11.8 Å². The van der Waals surface area contributed by atoms with Crippen LogP contribution in [-0.2, 0) is 15.8 Å². The van der Waals surface area contributed by atoms with Crippen LogP contribution in [0.3, 0.4) is 0 Å². The molecule has 4 rings (SSSR count). The van der Waals surface area contributed by atoms with Crippen LogP contribution in [0.2, 0.25) is 0 Å². The maximum atomic E-state index is 12.9. The van der Waals surface area contributed by atoms with Gasteiger partial charge < -0.3 is 10.2 Å². The van der Waals surface area contributed by atoms with Gasteiger partial charge in [-0.05, 0) is 54.3 Å². The Balaban J connectivity index is 1.23. The SMILES string of the molecule is O=C(CN1CCN(C(=O)C2CC2c2ccc(C(F)(F)F)cc2)CC1)Nc1ccc(F)cc1. The second-order valence-electron chi connectivity index (χ2n) is 8.22. The summed E-state index contributed by atoms with van der Waals surface area (Å²) in [6, 6.07) is 10.6.